The first-order valence-electron chi connectivity index (χ1n) is 8.80. The fraction of sp³-hybridized carbons (Fsp3) is 0.722. The highest BCUT2D eigenvalue weighted by molar-refractivity contribution is 5.95. The van der Waals surface area contributed by atoms with Crippen LogP contribution in [-0.2, 0) is 0 Å². The van der Waals surface area contributed by atoms with Crippen LogP contribution in [0.4, 0.5) is 0 Å². The van der Waals surface area contributed by atoms with Crippen LogP contribution in [0.1, 0.15) is 72.7 Å². The van der Waals surface area contributed by atoms with Crippen molar-refractivity contribution in [3.05, 3.63) is 23.0 Å². The Balaban J connectivity index is 1.69. The average molecular weight is 303 g/mol. The Morgan fingerprint density at radius 1 is 1.27 bits per heavy atom. The molecule has 2 saturated carbocycles. The van der Waals surface area contributed by atoms with Crippen LogP contribution in [0.25, 0.3) is 0 Å². The second kappa shape index (κ2) is 6.45. The lowest BCUT2D eigenvalue weighted by molar-refractivity contribution is 0.0949. The molecule has 0 saturated heterocycles. The van der Waals surface area contributed by atoms with E-state index in [9.17, 15) is 4.79 Å². The molecule has 1 amide bonds. The van der Waals surface area contributed by atoms with Crippen molar-refractivity contribution in [2.75, 3.05) is 6.54 Å². The van der Waals surface area contributed by atoms with Gasteiger partial charge in [0.1, 0.15) is 0 Å². The number of rotatable bonds is 5. The molecular weight excluding hydrogens is 274 g/mol. The van der Waals surface area contributed by atoms with Gasteiger partial charge >= 0.3 is 0 Å². The van der Waals surface area contributed by atoms with Gasteiger partial charge in [0.25, 0.3) is 5.91 Å². The SMILES string of the molecule is Cc1cc(C(=O)NCC(N)C2CC2)c(C)n1C1CCCCC1. The molecule has 0 bridgehead atoms. The molecular formula is C18H29N3O. The number of amides is 1. The summed E-state index contributed by atoms with van der Waals surface area (Å²) < 4.78 is 2.38. The molecule has 3 N–H and O–H groups in total. The van der Waals surface area contributed by atoms with Gasteiger partial charge in [-0.2, -0.15) is 0 Å². The van der Waals surface area contributed by atoms with Crippen LogP contribution in [0.15, 0.2) is 6.07 Å². The first kappa shape index (κ1) is 15.6. The van der Waals surface area contributed by atoms with E-state index in [2.05, 4.69) is 23.7 Å². The Hall–Kier alpha value is -1.29. The maximum atomic E-state index is 12.5. The number of hydrogen-bond donors (Lipinski definition) is 2. The molecule has 22 heavy (non-hydrogen) atoms. The van der Waals surface area contributed by atoms with E-state index in [1.807, 2.05) is 6.07 Å². The Bertz CT molecular complexity index is 539. The highest BCUT2D eigenvalue weighted by Crippen LogP contribution is 2.32. The Kier molecular flexibility index (Phi) is 4.57. The van der Waals surface area contributed by atoms with Crippen LogP contribution in [0.5, 0.6) is 0 Å². The van der Waals surface area contributed by atoms with E-state index in [1.54, 1.807) is 0 Å². The lowest BCUT2D eigenvalue weighted by atomic mass is 9.95. The molecule has 122 valence electrons. The first-order valence-corrected chi connectivity index (χ1v) is 8.80. The third-order valence-corrected chi connectivity index (χ3v) is 5.39. The van der Waals surface area contributed by atoms with Crippen molar-refractivity contribution in [1.82, 2.24) is 9.88 Å². The summed E-state index contributed by atoms with van der Waals surface area (Å²) in [6, 6.07) is 2.73. The average Bonchev–Trinajstić information content (AvgIpc) is 3.32. The first-order chi connectivity index (χ1) is 10.6. The number of nitrogens with two attached hydrogens (primary N) is 1. The topological polar surface area (TPSA) is 60.1 Å². The molecule has 2 aliphatic rings. The smallest absolute Gasteiger partial charge is 0.253 e. The van der Waals surface area contributed by atoms with Crippen molar-refractivity contribution in [3.63, 3.8) is 0 Å². The molecule has 1 unspecified atom stereocenters. The molecule has 1 heterocycles. The quantitative estimate of drug-likeness (QED) is 0.878. The number of carbonyl (C=O) groups is 1. The zero-order chi connectivity index (χ0) is 15.7. The standard InChI is InChI=1S/C18H29N3O/c1-12-10-16(18(22)20-11-17(19)14-8-9-14)13(2)21(12)15-6-4-3-5-7-15/h10,14-15,17H,3-9,11,19H2,1-2H3,(H,20,22). The van der Waals surface area contributed by atoms with Gasteiger partial charge in [-0.3, -0.25) is 4.79 Å². The zero-order valence-electron chi connectivity index (χ0n) is 13.9. The summed E-state index contributed by atoms with van der Waals surface area (Å²) in [4.78, 5) is 12.5. The summed E-state index contributed by atoms with van der Waals surface area (Å²) >= 11 is 0. The third kappa shape index (κ3) is 3.22. The third-order valence-electron chi connectivity index (χ3n) is 5.39. The Morgan fingerprint density at radius 3 is 2.59 bits per heavy atom. The fourth-order valence-corrected chi connectivity index (χ4v) is 3.90. The predicted molar refractivity (Wildman–Crippen MR) is 89.1 cm³/mol. The summed E-state index contributed by atoms with van der Waals surface area (Å²) in [6.07, 6.45) is 8.87. The van der Waals surface area contributed by atoms with E-state index in [0.717, 1.165) is 11.3 Å². The van der Waals surface area contributed by atoms with Gasteiger partial charge in [0.2, 0.25) is 0 Å². The molecule has 0 aromatic carbocycles. The molecule has 4 nitrogen and oxygen atoms in total. The Labute approximate surface area is 133 Å². The van der Waals surface area contributed by atoms with Gasteiger partial charge < -0.3 is 15.6 Å². The molecule has 1 aromatic rings. The van der Waals surface area contributed by atoms with Gasteiger partial charge in [0.05, 0.1) is 5.56 Å². The minimum Gasteiger partial charge on any atom is -0.350 e. The molecule has 0 spiro atoms. The van der Waals surface area contributed by atoms with E-state index in [1.165, 1.54) is 50.6 Å². The maximum absolute atomic E-state index is 12.5. The number of carbonyl (C=O) groups excluding carboxylic acids is 1. The van der Waals surface area contributed by atoms with E-state index >= 15 is 0 Å². The largest absolute Gasteiger partial charge is 0.350 e. The van der Waals surface area contributed by atoms with Gasteiger partial charge in [0, 0.05) is 30.0 Å². The Morgan fingerprint density at radius 2 is 1.95 bits per heavy atom. The van der Waals surface area contributed by atoms with Gasteiger partial charge in [-0.05, 0) is 51.5 Å². The zero-order valence-corrected chi connectivity index (χ0v) is 13.9. The normalized spacial score (nSPS) is 20.9. The molecule has 3 rings (SSSR count). The van der Waals surface area contributed by atoms with Crippen LogP contribution < -0.4 is 11.1 Å². The minimum atomic E-state index is 0.0336. The summed E-state index contributed by atoms with van der Waals surface area (Å²) in [7, 11) is 0. The lowest BCUT2D eigenvalue weighted by Crippen LogP contribution is -2.38. The van der Waals surface area contributed by atoms with E-state index < -0.39 is 0 Å². The molecule has 1 aromatic heterocycles. The van der Waals surface area contributed by atoms with Crippen LogP contribution >= 0.6 is 0 Å². The molecule has 0 radical (unpaired) electrons. The van der Waals surface area contributed by atoms with E-state index in [0.29, 0.717) is 18.5 Å². The summed E-state index contributed by atoms with van der Waals surface area (Å²) in [6.45, 7) is 4.79. The lowest BCUT2D eigenvalue weighted by Gasteiger charge is -2.26. The number of hydrogen-bond acceptors (Lipinski definition) is 2. The van der Waals surface area contributed by atoms with Crippen LogP contribution in [0.2, 0.25) is 0 Å². The summed E-state index contributed by atoms with van der Waals surface area (Å²) in [5.41, 5.74) is 9.22. The van der Waals surface area contributed by atoms with E-state index in [-0.39, 0.29) is 11.9 Å². The number of aromatic nitrogens is 1. The molecule has 0 aliphatic heterocycles. The molecule has 4 heteroatoms. The van der Waals surface area contributed by atoms with Crippen molar-refractivity contribution in [1.29, 1.82) is 0 Å². The highest BCUT2D eigenvalue weighted by Gasteiger charge is 2.29. The van der Waals surface area contributed by atoms with Gasteiger partial charge in [0.15, 0.2) is 0 Å². The molecule has 2 fully saturated rings. The van der Waals surface area contributed by atoms with Gasteiger partial charge in [-0.1, -0.05) is 19.3 Å². The summed E-state index contributed by atoms with van der Waals surface area (Å²) in [5, 5.41) is 3.03. The number of nitrogens with one attached hydrogen (secondary N) is 1. The highest BCUT2D eigenvalue weighted by atomic mass is 16.1. The predicted octanol–water partition coefficient (Wildman–Crippen LogP) is 3.08. The van der Waals surface area contributed by atoms with Crippen LogP contribution in [-0.4, -0.2) is 23.1 Å². The van der Waals surface area contributed by atoms with Crippen molar-refractivity contribution in [2.24, 2.45) is 11.7 Å². The van der Waals surface area contributed by atoms with Gasteiger partial charge in [-0.25, -0.2) is 0 Å². The monoisotopic (exact) mass is 303 g/mol. The van der Waals surface area contributed by atoms with Crippen LogP contribution in [0.3, 0.4) is 0 Å². The van der Waals surface area contributed by atoms with Crippen molar-refractivity contribution >= 4 is 5.91 Å². The van der Waals surface area contributed by atoms with E-state index in [4.69, 9.17) is 5.73 Å². The van der Waals surface area contributed by atoms with Crippen molar-refractivity contribution in [2.45, 2.75) is 70.9 Å². The number of nitrogens with zero attached hydrogens (tertiary/aromatic N) is 1. The fourth-order valence-electron chi connectivity index (χ4n) is 3.90. The van der Waals surface area contributed by atoms with Crippen molar-refractivity contribution < 1.29 is 4.79 Å². The second-order valence-electron chi connectivity index (χ2n) is 7.16. The number of aryl methyl sites for hydroxylation is 1. The minimum absolute atomic E-state index is 0.0336. The van der Waals surface area contributed by atoms with Gasteiger partial charge in [-0.15, -0.1) is 0 Å². The summed E-state index contributed by atoms with van der Waals surface area (Å²) in [5.74, 6) is 0.654. The van der Waals surface area contributed by atoms with Crippen molar-refractivity contribution in [3.8, 4) is 0 Å². The second-order valence-corrected chi connectivity index (χ2v) is 7.16. The van der Waals surface area contributed by atoms with Crippen LogP contribution in [0, 0.1) is 19.8 Å². The molecule has 2 aliphatic carbocycles. The maximum Gasteiger partial charge on any atom is 0.253 e. The molecule has 1 atom stereocenters.